The maximum Gasteiger partial charge on any atom is 0.248 e. The van der Waals surface area contributed by atoms with Gasteiger partial charge in [0.05, 0.1) is 17.1 Å². The molecule has 4 rings (SSSR count). The standard InChI is InChI=1S/C23H16N4O2/c24-15-17-6-12-20-21(14-17)27(29)23(26-20)18-8-10-19(11-9-18)25-22(28)13-7-16-4-2-1-3-5-16/h1-14,29H,(H,25,28)/b13-7+. The second-order valence-electron chi connectivity index (χ2n) is 6.37. The first-order valence-electron chi connectivity index (χ1n) is 8.90. The predicted octanol–water partition coefficient (Wildman–Crippen LogP) is 4.46. The number of rotatable bonds is 4. The lowest BCUT2D eigenvalue weighted by molar-refractivity contribution is -0.111. The molecule has 0 aliphatic heterocycles. The highest BCUT2D eigenvalue weighted by Gasteiger charge is 2.12. The molecule has 6 heteroatoms. The fourth-order valence-corrected chi connectivity index (χ4v) is 2.94. The largest absolute Gasteiger partial charge is 0.426 e. The molecule has 0 aliphatic rings. The lowest BCUT2D eigenvalue weighted by Crippen LogP contribution is -2.07. The Labute approximate surface area is 166 Å². The number of hydrogen-bond donors (Lipinski definition) is 2. The smallest absolute Gasteiger partial charge is 0.248 e. The van der Waals surface area contributed by atoms with Crippen LogP contribution in [0.3, 0.4) is 0 Å². The number of nitrogens with zero attached hydrogens (tertiary/aromatic N) is 3. The fourth-order valence-electron chi connectivity index (χ4n) is 2.94. The van der Waals surface area contributed by atoms with Crippen LogP contribution < -0.4 is 5.32 Å². The third-order valence-electron chi connectivity index (χ3n) is 4.40. The van der Waals surface area contributed by atoms with E-state index in [0.29, 0.717) is 33.7 Å². The predicted molar refractivity (Wildman–Crippen MR) is 111 cm³/mol. The summed E-state index contributed by atoms with van der Waals surface area (Å²) in [5.41, 5.74) is 3.75. The van der Waals surface area contributed by atoms with Crippen molar-refractivity contribution in [1.29, 1.82) is 5.26 Å². The van der Waals surface area contributed by atoms with Gasteiger partial charge in [0.1, 0.15) is 5.52 Å². The van der Waals surface area contributed by atoms with E-state index in [9.17, 15) is 10.0 Å². The maximum atomic E-state index is 12.1. The van der Waals surface area contributed by atoms with Gasteiger partial charge in [-0.3, -0.25) is 4.79 Å². The van der Waals surface area contributed by atoms with Gasteiger partial charge in [0.2, 0.25) is 5.91 Å². The Morgan fingerprint density at radius 1 is 1.07 bits per heavy atom. The molecule has 0 atom stereocenters. The van der Waals surface area contributed by atoms with Crippen LogP contribution in [0, 0.1) is 11.3 Å². The van der Waals surface area contributed by atoms with Gasteiger partial charge in [0.15, 0.2) is 5.82 Å². The molecule has 29 heavy (non-hydrogen) atoms. The van der Waals surface area contributed by atoms with Crippen LogP contribution in [-0.2, 0) is 4.79 Å². The molecule has 6 nitrogen and oxygen atoms in total. The van der Waals surface area contributed by atoms with E-state index in [1.807, 2.05) is 36.4 Å². The highest BCUT2D eigenvalue weighted by molar-refractivity contribution is 6.02. The first kappa shape index (κ1) is 18.0. The van der Waals surface area contributed by atoms with E-state index in [1.165, 1.54) is 6.08 Å². The van der Waals surface area contributed by atoms with Crippen molar-refractivity contribution in [3.05, 3.63) is 90.0 Å². The van der Waals surface area contributed by atoms with Gasteiger partial charge < -0.3 is 10.5 Å². The number of anilines is 1. The Hall–Kier alpha value is -4.37. The molecule has 0 saturated carbocycles. The van der Waals surface area contributed by atoms with Gasteiger partial charge in [-0.1, -0.05) is 30.3 Å². The number of carbonyl (C=O) groups is 1. The molecule has 2 N–H and O–H groups in total. The summed E-state index contributed by atoms with van der Waals surface area (Å²) in [6, 6.07) is 23.5. The Kier molecular flexibility index (Phi) is 4.79. The summed E-state index contributed by atoms with van der Waals surface area (Å²) in [5, 5.41) is 22.2. The first-order chi connectivity index (χ1) is 14.1. The number of amides is 1. The highest BCUT2D eigenvalue weighted by Crippen LogP contribution is 2.25. The first-order valence-corrected chi connectivity index (χ1v) is 8.90. The number of hydrogen-bond acceptors (Lipinski definition) is 4. The van der Waals surface area contributed by atoms with E-state index >= 15 is 0 Å². The molecule has 0 radical (unpaired) electrons. The molecular weight excluding hydrogens is 364 g/mol. The van der Waals surface area contributed by atoms with Crippen LogP contribution in [0.5, 0.6) is 0 Å². The molecule has 140 valence electrons. The summed E-state index contributed by atoms with van der Waals surface area (Å²) >= 11 is 0. The number of aromatic nitrogens is 2. The average Bonchev–Trinajstić information content (AvgIpc) is 3.09. The van der Waals surface area contributed by atoms with Crippen LogP contribution in [0.25, 0.3) is 28.5 Å². The third-order valence-corrected chi connectivity index (χ3v) is 4.40. The summed E-state index contributed by atoms with van der Waals surface area (Å²) in [6.07, 6.45) is 3.22. The van der Waals surface area contributed by atoms with Crippen molar-refractivity contribution >= 4 is 28.7 Å². The summed E-state index contributed by atoms with van der Waals surface area (Å²) in [5.74, 6) is 0.122. The van der Waals surface area contributed by atoms with Crippen molar-refractivity contribution in [1.82, 2.24) is 9.71 Å². The second-order valence-corrected chi connectivity index (χ2v) is 6.37. The van der Waals surface area contributed by atoms with Crippen molar-refractivity contribution in [3.63, 3.8) is 0 Å². The van der Waals surface area contributed by atoms with E-state index in [2.05, 4.69) is 10.3 Å². The van der Waals surface area contributed by atoms with Crippen LogP contribution in [0.15, 0.2) is 78.9 Å². The minimum absolute atomic E-state index is 0.236. The highest BCUT2D eigenvalue weighted by atomic mass is 16.5. The topological polar surface area (TPSA) is 90.9 Å². The zero-order chi connectivity index (χ0) is 20.2. The summed E-state index contributed by atoms with van der Waals surface area (Å²) in [7, 11) is 0. The minimum atomic E-state index is -0.236. The Balaban J connectivity index is 1.51. The van der Waals surface area contributed by atoms with Gasteiger partial charge in [-0.25, -0.2) is 4.98 Å². The Bertz CT molecular complexity index is 1250. The maximum absolute atomic E-state index is 12.1. The van der Waals surface area contributed by atoms with Crippen molar-refractivity contribution < 1.29 is 10.0 Å². The van der Waals surface area contributed by atoms with E-state index in [1.54, 1.807) is 48.5 Å². The van der Waals surface area contributed by atoms with Crippen LogP contribution in [0.4, 0.5) is 5.69 Å². The van der Waals surface area contributed by atoms with Crippen molar-refractivity contribution in [2.24, 2.45) is 0 Å². The van der Waals surface area contributed by atoms with Crippen LogP contribution in [0.2, 0.25) is 0 Å². The number of nitrogens with one attached hydrogen (secondary N) is 1. The van der Waals surface area contributed by atoms with E-state index < -0.39 is 0 Å². The lowest BCUT2D eigenvalue weighted by atomic mass is 10.2. The van der Waals surface area contributed by atoms with Crippen molar-refractivity contribution in [2.75, 3.05) is 5.32 Å². The molecule has 4 aromatic rings. The Morgan fingerprint density at radius 3 is 2.55 bits per heavy atom. The molecule has 0 fully saturated rings. The minimum Gasteiger partial charge on any atom is -0.426 e. The van der Waals surface area contributed by atoms with Crippen molar-refractivity contribution in [3.8, 4) is 17.5 Å². The molecule has 0 saturated heterocycles. The van der Waals surface area contributed by atoms with Crippen molar-refractivity contribution in [2.45, 2.75) is 0 Å². The number of carbonyl (C=O) groups excluding carboxylic acids is 1. The molecule has 1 aromatic heterocycles. The van der Waals surface area contributed by atoms with E-state index in [4.69, 9.17) is 5.26 Å². The summed E-state index contributed by atoms with van der Waals surface area (Å²) in [4.78, 5) is 16.5. The zero-order valence-corrected chi connectivity index (χ0v) is 15.3. The molecule has 1 heterocycles. The van der Waals surface area contributed by atoms with Crippen LogP contribution >= 0.6 is 0 Å². The normalized spacial score (nSPS) is 10.9. The van der Waals surface area contributed by atoms with Gasteiger partial charge in [0, 0.05) is 17.3 Å². The number of nitriles is 1. The summed E-state index contributed by atoms with van der Waals surface area (Å²) in [6.45, 7) is 0. The zero-order valence-electron chi connectivity index (χ0n) is 15.3. The van der Waals surface area contributed by atoms with Gasteiger partial charge in [0.25, 0.3) is 0 Å². The average molecular weight is 380 g/mol. The quantitative estimate of drug-likeness (QED) is 0.404. The monoisotopic (exact) mass is 380 g/mol. The van der Waals surface area contributed by atoms with Gasteiger partial charge in [-0.15, -0.1) is 0 Å². The molecule has 1 amide bonds. The van der Waals surface area contributed by atoms with Gasteiger partial charge in [-0.2, -0.15) is 9.99 Å². The number of fused-ring (bicyclic) bond motifs is 1. The molecular formula is C23H16N4O2. The number of benzene rings is 3. The van der Waals surface area contributed by atoms with Crippen LogP contribution in [-0.4, -0.2) is 20.8 Å². The molecule has 0 aliphatic carbocycles. The second kappa shape index (κ2) is 7.71. The molecule has 0 bridgehead atoms. The van der Waals surface area contributed by atoms with Gasteiger partial charge >= 0.3 is 0 Å². The third kappa shape index (κ3) is 3.84. The SMILES string of the molecule is N#Cc1ccc2nc(-c3ccc(NC(=O)/C=C/c4ccccc4)cc3)n(O)c2c1. The lowest BCUT2D eigenvalue weighted by Gasteiger charge is -2.05. The molecule has 0 spiro atoms. The van der Waals surface area contributed by atoms with Crippen LogP contribution in [0.1, 0.15) is 11.1 Å². The fraction of sp³-hybridized carbons (Fsp3) is 0. The van der Waals surface area contributed by atoms with Gasteiger partial charge in [-0.05, 0) is 54.1 Å². The summed E-state index contributed by atoms with van der Waals surface area (Å²) < 4.78 is 0.965. The van der Waals surface area contributed by atoms with E-state index in [-0.39, 0.29) is 5.91 Å². The molecule has 3 aromatic carbocycles. The molecule has 0 unspecified atom stereocenters. The van der Waals surface area contributed by atoms with E-state index in [0.717, 1.165) is 10.3 Å². The number of imidazole rings is 1. The Morgan fingerprint density at radius 2 is 1.83 bits per heavy atom.